The zero-order valence-electron chi connectivity index (χ0n) is 12.0. The van der Waals surface area contributed by atoms with Gasteiger partial charge in [-0.3, -0.25) is 0 Å². The van der Waals surface area contributed by atoms with Gasteiger partial charge in [0.2, 0.25) is 0 Å². The van der Waals surface area contributed by atoms with Gasteiger partial charge in [0.1, 0.15) is 0 Å². The first-order chi connectivity index (χ1) is 9.51. The lowest BCUT2D eigenvalue weighted by Gasteiger charge is -2.20. The third-order valence-corrected chi connectivity index (χ3v) is 4.52. The van der Waals surface area contributed by atoms with Crippen LogP contribution in [0.1, 0.15) is 36.1 Å². The van der Waals surface area contributed by atoms with Gasteiger partial charge in [0.25, 0.3) is 0 Å². The molecule has 1 atom stereocenters. The maximum absolute atomic E-state index is 6.25. The third-order valence-electron chi connectivity index (χ3n) is 3.43. The minimum atomic E-state index is 0.291. The third kappa shape index (κ3) is 3.56. The fourth-order valence-electron chi connectivity index (χ4n) is 2.38. The molecule has 1 unspecified atom stereocenters. The molecule has 0 radical (unpaired) electrons. The Morgan fingerprint density at radius 2 is 1.80 bits per heavy atom. The van der Waals surface area contributed by atoms with Crippen LogP contribution in [0.25, 0.3) is 0 Å². The summed E-state index contributed by atoms with van der Waals surface area (Å²) in [6.45, 7) is 6.31. The van der Waals surface area contributed by atoms with Crippen LogP contribution >= 0.6 is 27.5 Å². The summed E-state index contributed by atoms with van der Waals surface area (Å²) in [5.41, 5.74) is 4.68. The number of anilines is 1. The van der Waals surface area contributed by atoms with Gasteiger partial charge in [0.05, 0.1) is 6.04 Å². The number of aryl methyl sites for hydroxylation is 2. The second-order valence-electron chi connectivity index (χ2n) is 5.08. The van der Waals surface area contributed by atoms with Crippen LogP contribution in [-0.4, -0.2) is 0 Å². The Labute approximate surface area is 134 Å². The molecular formula is C17H19BrClN. The molecule has 0 aromatic heterocycles. The molecule has 0 aliphatic heterocycles. The predicted molar refractivity (Wildman–Crippen MR) is 91.7 cm³/mol. The molecule has 3 heteroatoms. The van der Waals surface area contributed by atoms with Crippen molar-refractivity contribution < 1.29 is 0 Å². The van der Waals surface area contributed by atoms with E-state index in [4.69, 9.17) is 11.6 Å². The SMILES string of the molecule is CCC(Nc1cccc(Br)c1)c1cc(C)c(Cl)c(C)c1. The van der Waals surface area contributed by atoms with E-state index in [1.165, 1.54) is 5.56 Å². The first-order valence-corrected chi connectivity index (χ1v) is 7.97. The minimum Gasteiger partial charge on any atom is -0.378 e. The summed E-state index contributed by atoms with van der Waals surface area (Å²) < 4.78 is 1.08. The number of hydrogen-bond acceptors (Lipinski definition) is 1. The summed E-state index contributed by atoms with van der Waals surface area (Å²) in [5, 5.41) is 4.45. The molecule has 0 bridgehead atoms. The Kier molecular flexibility index (Phi) is 5.11. The lowest BCUT2D eigenvalue weighted by atomic mass is 9.99. The van der Waals surface area contributed by atoms with Crippen LogP contribution in [0, 0.1) is 13.8 Å². The summed E-state index contributed by atoms with van der Waals surface area (Å²) >= 11 is 9.76. The van der Waals surface area contributed by atoms with E-state index in [1.807, 2.05) is 12.1 Å². The van der Waals surface area contributed by atoms with Gasteiger partial charge < -0.3 is 5.32 Å². The van der Waals surface area contributed by atoms with E-state index >= 15 is 0 Å². The number of halogens is 2. The maximum atomic E-state index is 6.25. The molecule has 0 saturated heterocycles. The lowest BCUT2D eigenvalue weighted by molar-refractivity contribution is 0.747. The van der Waals surface area contributed by atoms with Crippen molar-refractivity contribution in [3.8, 4) is 0 Å². The Hall–Kier alpha value is -0.990. The van der Waals surface area contributed by atoms with Crippen molar-refractivity contribution in [3.05, 3.63) is 62.6 Å². The van der Waals surface area contributed by atoms with Crippen LogP contribution in [0.5, 0.6) is 0 Å². The van der Waals surface area contributed by atoms with Gasteiger partial charge in [0.15, 0.2) is 0 Å². The van der Waals surface area contributed by atoms with Crippen LogP contribution in [0.2, 0.25) is 5.02 Å². The number of benzene rings is 2. The molecule has 2 aromatic carbocycles. The normalized spacial score (nSPS) is 12.2. The molecule has 0 saturated carbocycles. The second kappa shape index (κ2) is 6.64. The van der Waals surface area contributed by atoms with Crippen LogP contribution < -0.4 is 5.32 Å². The summed E-state index contributed by atoms with van der Waals surface area (Å²) in [6, 6.07) is 12.9. The minimum absolute atomic E-state index is 0.291. The predicted octanol–water partition coefficient (Wildman–Crippen LogP) is 6.28. The van der Waals surface area contributed by atoms with E-state index in [2.05, 4.69) is 66.3 Å². The molecule has 1 N–H and O–H groups in total. The Balaban J connectivity index is 2.29. The number of hydrogen-bond donors (Lipinski definition) is 1. The van der Waals surface area contributed by atoms with Gasteiger partial charge >= 0.3 is 0 Å². The van der Waals surface area contributed by atoms with Crippen molar-refractivity contribution in [1.29, 1.82) is 0 Å². The van der Waals surface area contributed by atoms with Crippen LogP contribution in [0.3, 0.4) is 0 Å². The smallest absolute Gasteiger partial charge is 0.0511 e. The van der Waals surface area contributed by atoms with Gasteiger partial charge in [-0.05, 0) is 55.2 Å². The Bertz CT molecular complexity index is 587. The molecule has 1 nitrogen and oxygen atoms in total. The highest BCUT2D eigenvalue weighted by Crippen LogP contribution is 2.29. The summed E-state index contributed by atoms with van der Waals surface area (Å²) in [6.07, 6.45) is 1.02. The molecule has 2 rings (SSSR count). The maximum Gasteiger partial charge on any atom is 0.0511 e. The van der Waals surface area contributed by atoms with E-state index in [0.29, 0.717) is 6.04 Å². The summed E-state index contributed by atoms with van der Waals surface area (Å²) in [4.78, 5) is 0. The zero-order chi connectivity index (χ0) is 14.7. The quantitative estimate of drug-likeness (QED) is 0.682. The van der Waals surface area contributed by atoms with E-state index in [9.17, 15) is 0 Å². The summed E-state index contributed by atoms with van der Waals surface area (Å²) in [7, 11) is 0. The van der Waals surface area contributed by atoms with Crippen molar-refractivity contribution in [2.75, 3.05) is 5.32 Å². The molecular weight excluding hydrogens is 334 g/mol. The zero-order valence-corrected chi connectivity index (χ0v) is 14.3. The lowest BCUT2D eigenvalue weighted by Crippen LogP contribution is -2.10. The monoisotopic (exact) mass is 351 g/mol. The van der Waals surface area contributed by atoms with Crippen LogP contribution in [0.15, 0.2) is 40.9 Å². The largest absolute Gasteiger partial charge is 0.378 e. The van der Waals surface area contributed by atoms with E-state index in [0.717, 1.165) is 32.7 Å². The Morgan fingerprint density at radius 3 is 2.35 bits per heavy atom. The van der Waals surface area contributed by atoms with Gasteiger partial charge in [0, 0.05) is 15.2 Å². The van der Waals surface area contributed by atoms with Crippen molar-refractivity contribution in [2.45, 2.75) is 33.2 Å². The fraction of sp³-hybridized carbons (Fsp3) is 0.294. The topological polar surface area (TPSA) is 12.0 Å². The molecule has 0 spiro atoms. The molecule has 0 amide bonds. The van der Waals surface area contributed by atoms with Gasteiger partial charge in [-0.25, -0.2) is 0 Å². The van der Waals surface area contributed by atoms with Crippen molar-refractivity contribution in [1.82, 2.24) is 0 Å². The highest BCUT2D eigenvalue weighted by molar-refractivity contribution is 9.10. The van der Waals surface area contributed by atoms with Gasteiger partial charge in [-0.1, -0.05) is 52.7 Å². The first kappa shape index (κ1) is 15.4. The fourth-order valence-corrected chi connectivity index (χ4v) is 2.89. The average Bonchev–Trinajstić information content (AvgIpc) is 2.41. The van der Waals surface area contributed by atoms with E-state index < -0.39 is 0 Å². The van der Waals surface area contributed by atoms with Gasteiger partial charge in [-0.2, -0.15) is 0 Å². The first-order valence-electron chi connectivity index (χ1n) is 6.80. The summed E-state index contributed by atoms with van der Waals surface area (Å²) in [5.74, 6) is 0. The van der Waals surface area contributed by atoms with E-state index in [1.54, 1.807) is 0 Å². The van der Waals surface area contributed by atoms with Crippen LogP contribution in [-0.2, 0) is 0 Å². The number of rotatable bonds is 4. The standard InChI is InChI=1S/C17H19BrClN/c1-4-16(20-15-7-5-6-14(18)10-15)13-8-11(2)17(19)12(3)9-13/h5-10,16,20H,4H2,1-3H3. The average molecular weight is 353 g/mol. The molecule has 0 fully saturated rings. The second-order valence-corrected chi connectivity index (χ2v) is 6.38. The van der Waals surface area contributed by atoms with E-state index in [-0.39, 0.29) is 0 Å². The molecule has 0 aliphatic rings. The highest BCUT2D eigenvalue weighted by atomic mass is 79.9. The molecule has 20 heavy (non-hydrogen) atoms. The van der Waals surface area contributed by atoms with Crippen molar-refractivity contribution in [3.63, 3.8) is 0 Å². The molecule has 0 heterocycles. The Morgan fingerprint density at radius 1 is 1.15 bits per heavy atom. The van der Waals surface area contributed by atoms with Gasteiger partial charge in [-0.15, -0.1) is 0 Å². The molecule has 0 aliphatic carbocycles. The van der Waals surface area contributed by atoms with Crippen LogP contribution in [0.4, 0.5) is 5.69 Å². The van der Waals surface area contributed by atoms with Crippen molar-refractivity contribution in [2.24, 2.45) is 0 Å². The molecule has 106 valence electrons. The van der Waals surface area contributed by atoms with Crippen molar-refractivity contribution >= 4 is 33.2 Å². The highest BCUT2D eigenvalue weighted by Gasteiger charge is 2.12. The molecule has 2 aromatic rings. The number of nitrogens with one attached hydrogen (secondary N) is 1.